The maximum Gasteiger partial charge on any atom is 0.220 e. The number of nitrogens with one attached hydrogen (secondary N) is 1. The molecular formula is C19H24N4O2. The third kappa shape index (κ3) is 5.60. The highest BCUT2D eigenvalue weighted by atomic mass is 16.5. The summed E-state index contributed by atoms with van der Waals surface area (Å²) in [5.41, 5.74) is 2.11. The Morgan fingerprint density at radius 1 is 1.16 bits per heavy atom. The number of nitrogens with zero attached hydrogens (tertiary/aromatic N) is 3. The van der Waals surface area contributed by atoms with Crippen molar-refractivity contribution in [2.75, 3.05) is 6.61 Å². The molecule has 0 saturated carbocycles. The lowest BCUT2D eigenvalue weighted by molar-refractivity contribution is -0.121. The number of hydrogen-bond donors (Lipinski definition) is 1. The third-order valence-electron chi connectivity index (χ3n) is 4.30. The average molecular weight is 340 g/mol. The summed E-state index contributed by atoms with van der Waals surface area (Å²) in [5, 5.41) is 2.92. The molecule has 6 nitrogen and oxygen atoms in total. The summed E-state index contributed by atoms with van der Waals surface area (Å²) in [6.45, 7) is 1.24. The quantitative estimate of drug-likeness (QED) is 0.838. The number of rotatable bonds is 7. The number of amides is 1. The van der Waals surface area contributed by atoms with Crippen molar-refractivity contribution in [3.05, 3.63) is 53.9 Å². The zero-order valence-electron chi connectivity index (χ0n) is 14.4. The van der Waals surface area contributed by atoms with Crippen molar-refractivity contribution in [2.45, 2.75) is 51.2 Å². The van der Waals surface area contributed by atoms with Gasteiger partial charge in [0.15, 0.2) is 5.82 Å². The first-order chi connectivity index (χ1) is 12.3. The van der Waals surface area contributed by atoms with Crippen LogP contribution >= 0.6 is 0 Å². The van der Waals surface area contributed by atoms with Gasteiger partial charge in [-0.2, -0.15) is 0 Å². The molecule has 2 aromatic heterocycles. The minimum absolute atomic E-state index is 0.0191. The van der Waals surface area contributed by atoms with Crippen molar-refractivity contribution in [1.29, 1.82) is 0 Å². The molecule has 0 unspecified atom stereocenters. The highest BCUT2D eigenvalue weighted by Gasteiger charge is 2.18. The Bertz CT molecular complexity index is 655. The molecule has 1 atom stereocenters. The minimum Gasteiger partial charge on any atom is -0.370 e. The Hall–Kier alpha value is -2.34. The van der Waals surface area contributed by atoms with E-state index in [0.717, 1.165) is 50.1 Å². The number of pyridine rings is 1. The van der Waals surface area contributed by atoms with Crippen LogP contribution in [0.4, 0.5) is 0 Å². The molecule has 1 N–H and O–H groups in total. The highest BCUT2D eigenvalue weighted by Crippen LogP contribution is 2.24. The van der Waals surface area contributed by atoms with Gasteiger partial charge in [0, 0.05) is 49.9 Å². The first-order valence-electron chi connectivity index (χ1n) is 8.89. The van der Waals surface area contributed by atoms with E-state index >= 15 is 0 Å². The Balaban J connectivity index is 1.38. The standard InChI is InChI=1S/C19H24N4O2/c24-18(6-3-4-15-7-9-20-10-8-15)21-12-16-13-22-19(23-14-16)17-5-1-2-11-25-17/h7-10,13-14,17H,1-6,11-12H2,(H,21,24)/t17-/m0/s1. The zero-order valence-corrected chi connectivity index (χ0v) is 14.4. The van der Waals surface area contributed by atoms with E-state index in [0.29, 0.717) is 13.0 Å². The van der Waals surface area contributed by atoms with Gasteiger partial charge >= 0.3 is 0 Å². The summed E-state index contributed by atoms with van der Waals surface area (Å²) in [7, 11) is 0. The largest absolute Gasteiger partial charge is 0.370 e. The van der Waals surface area contributed by atoms with Crippen LogP contribution in [0.1, 0.15) is 55.2 Å². The van der Waals surface area contributed by atoms with Crippen molar-refractivity contribution in [1.82, 2.24) is 20.3 Å². The molecule has 25 heavy (non-hydrogen) atoms. The van der Waals surface area contributed by atoms with Gasteiger partial charge in [-0.1, -0.05) is 0 Å². The number of hydrogen-bond acceptors (Lipinski definition) is 5. The number of carbonyl (C=O) groups excluding carboxylic acids is 1. The normalized spacial score (nSPS) is 17.2. The Morgan fingerprint density at radius 3 is 2.68 bits per heavy atom. The Morgan fingerprint density at radius 2 is 1.96 bits per heavy atom. The lowest BCUT2D eigenvalue weighted by Gasteiger charge is -2.21. The smallest absolute Gasteiger partial charge is 0.220 e. The monoisotopic (exact) mass is 340 g/mol. The van der Waals surface area contributed by atoms with Crippen molar-refractivity contribution < 1.29 is 9.53 Å². The van der Waals surface area contributed by atoms with Gasteiger partial charge in [0.2, 0.25) is 5.91 Å². The van der Waals surface area contributed by atoms with E-state index in [1.165, 1.54) is 5.56 Å². The van der Waals surface area contributed by atoms with Gasteiger partial charge in [-0.15, -0.1) is 0 Å². The maximum atomic E-state index is 11.9. The van der Waals surface area contributed by atoms with Gasteiger partial charge in [-0.25, -0.2) is 9.97 Å². The van der Waals surface area contributed by atoms with Crippen LogP contribution in [0, 0.1) is 0 Å². The lowest BCUT2D eigenvalue weighted by Crippen LogP contribution is -2.23. The molecule has 1 saturated heterocycles. The summed E-state index contributed by atoms with van der Waals surface area (Å²) in [6.07, 6.45) is 12.6. The average Bonchev–Trinajstić information content (AvgIpc) is 2.68. The SMILES string of the molecule is O=C(CCCc1ccncc1)NCc1cnc([C@@H]2CCCCO2)nc1. The molecule has 132 valence electrons. The van der Waals surface area contributed by atoms with Crippen molar-refractivity contribution in [2.24, 2.45) is 0 Å². The molecule has 0 radical (unpaired) electrons. The predicted octanol–water partition coefficient (Wildman–Crippen LogP) is 2.75. The van der Waals surface area contributed by atoms with Crippen LogP contribution in [0.2, 0.25) is 0 Å². The molecule has 0 aliphatic carbocycles. The van der Waals surface area contributed by atoms with E-state index in [1.807, 2.05) is 12.1 Å². The van der Waals surface area contributed by atoms with E-state index in [1.54, 1.807) is 24.8 Å². The molecule has 6 heteroatoms. The van der Waals surface area contributed by atoms with Gasteiger partial charge in [0.1, 0.15) is 6.10 Å². The molecule has 0 spiro atoms. The molecule has 1 aliphatic rings. The lowest BCUT2D eigenvalue weighted by atomic mass is 10.1. The summed E-state index contributed by atoms with van der Waals surface area (Å²) in [4.78, 5) is 24.7. The minimum atomic E-state index is 0.0191. The zero-order chi connectivity index (χ0) is 17.3. The van der Waals surface area contributed by atoms with Crippen LogP contribution in [0.3, 0.4) is 0 Å². The topological polar surface area (TPSA) is 77.0 Å². The van der Waals surface area contributed by atoms with E-state index in [2.05, 4.69) is 20.3 Å². The van der Waals surface area contributed by atoms with Gasteiger partial charge in [0.25, 0.3) is 0 Å². The van der Waals surface area contributed by atoms with E-state index in [4.69, 9.17) is 4.74 Å². The van der Waals surface area contributed by atoms with Crippen molar-refractivity contribution >= 4 is 5.91 Å². The van der Waals surface area contributed by atoms with E-state index in [-0.39, 0.29) is 12.0 Å². The fraction of sp³-hybridized carbons (Fsp3) is 0.474. The Labute approximate surface area is 148 Å². The first kappa shape index (κ1) is 17.5. The van der Waals surface area contributed by atoms with Crippen LogP contribution in [0.25, 0.3) is 0 Å². The molecule has 2 aromatic rings. The summed E-state index contributed by atoms with van der Waals surface area (Å²) in [6, 6.07) is 3.96. The van der Waals surface area contributed by atoms with Crippen molar-refractivity contribution in [3.8, 4) is 0 Å². The second kappa shape index (κ2) is 9.22. The highest BCUT2D eigenvalue weighted by molar-refractivity contribution is 5.75. The summed E-state index contributed by atoms with van der Waals surface area (Å²) < 4.78 is 5.68. The fourth-order valence-electron chi connectivity index (χ4n) is 2.86. The number of ether oxygens (including phenoxy) is 1. The van der Waals surface area contributed by atoms with Crippen LogP contribution < -0.4 is 5.32 Å². The summed E-state index contributed by atoms with van der Waals surface area (Å²) >= 11 is 0. The van der Waals surface area contributed by atoms with Gasteiger partial charge < -0.3 is 10.1 Å². The Kier molecular flexibility index (Phi) is 6.45. The molecule has 1 amide bonds. The van der Waals surface area contributed by atoms with E-state index in [9.17, 15) is 4.79 Å². The summed E-state index contributed by atoms with van der Waals surface area (Å²) in [5.74, 6) is 0.792. The first-order valence-corrected chi connectivity index (χ1v) is 8.89. The number of aryl methyl sites for hydroxylation is 1. The van der Waals surface area contributed by atoms with Crippen LogP contribution in [0.15, 0.2) is 36.9 Å². The van der Waals surface area contributed by atoms with E-state index < -0.39 is 0 Å². The van der Waals surface area contributed by atoms with Crippen LogP contribution in [-0.4, -0.2) is 27.5 Å². The maximum absolute atomic E-state index is 11.9. The van der Waals surface area contributed by atoms with Gasteiger partial charge in [-0.3, -0.25) is 9.78 Å². The second-order valence-corrected chi connectivity index (χ2v) is 6.29. The molecule has 1 aliphatic heterocycles. The second-order valence-electron chi connectivity index (χ2n) is 6.29. The van der Waals surface area contributed by atoms with Gasteiger partial charge in [0.05, 0.1) is 0 Å². The number of aromatic nitrogens is 3. The van der Waals surface area contributed by atoms with Crippen LogP contribution in [0.5, 0.6) is 0 Å². The predicted molar refractivity (Wildman–Crippen MR) is 93.6 cm³/mol. The molecule has 1 fully saturated rings. The fourth-order valence-corrected chi connectivity index (χ4v) is 2.86. The molecule has 3 rings (SSSR count). The molecule has 0 bridgehead atoms. The number of carbonyl (C=O) groups is 1. The molecule has 0 aromatic carbocycles. The molecular weight excluding hydrogens is 316 g/mol. The van der Waals surface area contributed by atoms with Crippen LogP contribution in [-0.2, 0) is 22.5 Å². The third-order valence-corrected chi connectivity index (χ3v) is 4.30. The van der Waals surface area contributed by atoms with Crippen molar-refractivity contribution in [3.63, 3.8) is 0 Å². The van der Waals surface area contributed by atoms with Gasteiger partial charge in [-0.05, 0) is 49.8 Å². The molecule has 3 heterocycles.